The summed E-state index contributed by atoms with van der Waals surface area (Å²) in [6.45, 7) is 2.10. The molecule has 0 aliphatic heterocycles. The van der Waals surface area contributed by atoms with Gasteiger partial charge >= 0.3 is 0 Å². The molecule has 4 nitrogen and oxygen atoms in total. The molecule has 23 heavy (non-hydrogen) atoms. The van der Waals surface area contributed by atoms with Crippen LogP contribution in [0.2, 0.25) is 0 Å². The van der Waals surface area contributed by atoms with Crippen molar-refractivity contribution in [2.45, 2.75) is 13.3 Å². The summed E-state index contributed by atoms with van der Waals surface area (Å²) in [6.07, 6.45) is 0.711. The van der Waals surface area contributed by atoms with E-state index < -0.39 is 0 Å². The zero-order valence-electron chi connectivity index (χ0n) is 13.3. The molecular formula is C19H19NO3. The third kappa shape index (κ3) is 3.21. The average Bonchev–Trinajstić information content (AvgIpc) is 2.93. The first-order chi connectivity index (χ1) is 11.2. The van der Waals surface area contributed by atoms with Gasteiger partial charge in [0.2, 0.25) is 5.91 Å². The molecule has 1 amide bonds. The summed E-state index contributed by atoms with van der Waals surface area (Å²) >= 11 is 0. The van der Waals surface area contributed by atoms with E-state index >= 15 is 0 Å². The lowest BCUT2D eigenvalue weighted by Gasteiger charge is -2.06. The van der Waals surface area contributed by atoms with Crippen LogP contribution in [0.25, 0.3) is 22.3 Å². The monoisotopic (exact) mass is 309 g/mol. The first-order valence-electron chi connectivity index (χ1n) is 7.58. The van der Waals surface area contributed by atoms with E-state index in [1.54, 1.807) is 7.11 Å². The maximum atomic E-state index is 11.1. The maximum absolute atomic E-state index is 11.1. The molecule has 0 spiro atoms. The van der Waals surface area contributed by atoms with E-state index in [1.165, 1.54) is 6.92 Å². The highest BCUT2D eigenvalue weighted by Gasteiger charge is 2.16. The number of amides is 1. The first kappa shape index (κ1) is 15.2. The number of carbonyl (C=O) groups excluding carboxylic acids is 1. The number of para-hydroxylation sites is 1. The van der Waals surface area contributed by atoms with E-state index in [0.717, 1.165) is 33.6 Å². The zero-order valence-corrected chi connectivity index (χ0v) is 13.3. The highest BCUT2D eigenvalue weighted by atomic mass is 16.5. The van der Waals surface area contributed by atoms with Gasteiger partial charge in [-0.2, -0.15) is 0 Å². The molecule has 0 unspecified atom stereocenters. The summed E-state index contributed by atoms with van der Waals surface area (Å²) in [5.74, 6) is 1.59. The van der Waals surface area contributed by atoms with Crippen LogP contribution in [0.4, 0.5) is 0 Å². The van der Waals surface area contributed by atoms with Crippen LogP contribution in [0.15, 0.2) is 52.9 Å². The number of ether oxygens (including phenoxy) is 1. The normalized spacial score (nSPS) is 10.7. The van der Waals surface area contributed by atoms with Crippen LogP contribution in [0.3, 0.4) is 0 Å². The average molecular weight is 309 g/mol. The Morgan fingerprint density at radius 3 is 2.78 bits per heavy atom. The minimum Gasteiger partial charge on any atom is -0.497 e. The zero-order chi connectivity index (χ0) is 16.2. The standard InChI is InChI=1S/C19H19NO3/c1-13(21)20-11-10-17-16-8-3-4-9-18(16)23-19(17)14-6-5-7-15(12-14)22-2/h3-9,12H,10-11H2,1-2H3,(H,20,21). The smallest absolute Gasteiger partial charge is 0.216 e. The Kier molecular flexibility index (Phi) is 4.33. The molecule has 3 rings (SSSR count). The fraction of sp³-hybridized carbons (Fsp3) is 0.211. The number of fused-ring (bicyclic) bond motifs is 1. The van der Waals surface area contributed by atoms with Gasteiger partial charge in [0.25, 0.3) is 0 Å². The van der Waals surface area contributed by atoms with Gasteiger partial charge in [-0.3, -0.25) is 4.79 Å². The van der Waals surface area contributed by atoms with Crippen molar-refractivity contribution in [3.63, 3.8) is 0 Å². The lowest BCUT2D eigenvalue weighted by molar-refractivity contribution is -0.118. The Morgan fingerprint density at radius 2 is 2.00 bits per heavy atom. The first-order valence-corrected chi connectivity index (χ1v) is 7.58. The molecule has 1 heterocycles. The number of nitrogens with one attached hydrogen (secondary N) is 1. The summed E-state index contributed by atoms with van der Waals surface area (Å²) in [5.41, 5.74) is 2.92. The van der Waals surface area contributed by atoms with Gasteiger partial charge in [-0.05, 0) is 24.6 Å². The molecule has 0 bridgehead atoms. The highest BCUT2D eigenvalue weighted by Crippen LogP contribution is 2.35. The summed E-state index contributed by atoms with van der Waals surface area (Å²) < 4.78 is 11.4. The van der Waals surface area contributed by atoms with Gasteiger partial charge in [-0.15, -0.1) is 0 Å². The van der Waals surface area contributed by atoms with Crippen molar-refractivity contribution in [3.05, 3.63) is 54.1 Å². The molecule has 0 saturated carbocycles. The van der Waals surface area contributed by atoms with Gasteiger partial charge in [-0.1, -0.05) is 30.3 Å². The molecule has 0 fully saturated rings. The molecule has 0 atom stereocenters. The number of benzene rings is 2. The van der Waals surface area contributed by atoms with Gasteiger partial charge < -0.3 is 14.5 Å². The largest absolute Gasteiger partial charge is 0.497 e. The lowest BCUT2D eigenvalue weighted by Crippen LogP contribution is -2.22. The van der Waals surface area contributed by atoms with Crippen LogP contribution in [0.5, 0.6) is 5.75 Å². The van der Waals surface area contributed by atoms with E-state index in [1.807, 2.05) is 48.5 Å². The molecule has 4 heteroatoms. The Morgan fingerprint density at radius 1 is 1.17 bits per heavy atom. The second-order valence-corrected chi connectivity index (χ2v) is 5.37. The van der Waals surface area contributed by atoms with Crippen LogP contribution >= 0.6 is 0 Å². The van der Waals surface area contributed by atoms with Crippen LogP contribution in [-0.4, -0.2) is 19.6 Å². The molecule has 0 radical (unpaired) electrons. The molecular weight excluding hydrogens is 290 g/mol. The molecule has 3 aromatic rings. The van der Waals surface area contributed by atoms with Gasteiger partial charge in [0.05, 0.1) is 7.11 Å². The topological polar surface area (TPSA) is 51.5 Å². The Labute approximate surface area is 135 Å². The maximum Gasteiger partial charge on any atom is 0.216 e. The van der Waals surface area contributed by atoms with E-state index in [4.69, 9.17) is 9.15 Å². The number of rotatable bonds is 5. The number of methoxy groups -OCH3 is 1. The number of hydrogen-bond acceptors (Lipinski definition) is 3. The fourth-order valence-electron chi connectivity index (χ4n) is 2.71. The Balaban J connectivity index is 2.05. The number of hydrogen-bond donors (Lipinski definition) is 1. The molecule has 0 aliphatic carbocycles. The van der Waals surface area contributed by atoms with Gasteiger partial charge in [0.15, 0.2) is 0 Å². The minimum atomic E-state index is -0.0271. The van der Waals surface area contributed by atoms with E-state index in [9.17, 15) is 4.79 Å². The molecule has 118 valence electrons. The minimum absolute atomic E-state index is 0.0271. The predicted octanol–water partition coefficient (Wildman–Crippen LogP) is 3.79. The summed E-state index contributed by atoms with van der Waals surface area (Å²) in [5, 5.41) is 3.92. The van der Waals surface area contributed by atoms with Crippen LogP contribution in [-0.2, 0) is 11.2 Å². The summed E-state index contributed by atoms with van der Waals surface area (Å²) in [7, 11) is 1.65. The third-order valence-electron chi connectivity index (χ3n) is 3.78. The van der Waals surface area contributed by atoms with Crippen molar-refractivity contribution >= 4 is 16.9 Å². The predicted molar refractivity (Wildman–Crippen MR) is 90.6 cm³/mol. The van der Waals surface area contributed by atoms with Crippen molar-refractivity contribution in [1.29, 1.82) is 0 Å². The highest BCUT2D eigenvalue weighted by molar-refractivity contribution is 5.88. The van der Waals surface area contributed by atoms with E-state index in [0.29, 0.717) is 13.0 Å². The third-order valence-corrected chi connectivity index (χ3v) is 3.78. The summed E-state index contributed by atoms with van der Waals surface area (Å²) in [4.78, 5) is 11.1. The van der Waals surface area contributed by atoms with Gasteiger partial charge in [0, 0.05) is 30.0 Å². The molecule has 1 aromatic heterocycles. The number of furan rings is 1. The second kappa shape index (κ2) is 6.57. The van der Waals surface area contributed by atoms with E-state index in [2.05, 4.69) is 5.32 Å². The summed E-state index contributed by atoms with van der Waals surface area (Å²) in [6, 6.07) is 15.8. The molecule has 2 aromatic carbocycles. The Bertz CT molecular complexity index is 836. The fourth-order valence-corrected chi connectivity index (χ4v) is 2.71. The van der Waals surface area contributed by atoms with E-state index in [-0.39, 0.29) is 5.91 Å². The van der Waals surface area contributed by atoms with Crippen molar-refractivity contribution in [1.82, 2.24) is 5.32 Å². The van der Waals surface area contributed by atoms with Crippen LogP contribution in [0.1, 0.15) is 12.5 Å². The molecule has 0 saturated heterocycles. The Hall–Kier alpha value is -2.75. The van der Waals surface area contributed by atoms with Gasteiger partial charge in [-0.25, -0.2) is 0 Å². The second-order valence-electron chi connectivity index (χ2n) is 5.37. The molecule has 0 aliphatic rings. The van der Waals surface area contributed by atoms with Gasteiger partial charge in [0.1, 0.15) is 17.1 Å². The van der Waals surface area contributed by atoms with Crippen molar-refractivity contribution in [3.8, 4) is 17.1 Å². The molecule has 1 N–H and O–H groups in total. The van der Waals surface area contributed by atoms with Crippen molar-refractivity contribution in [2.75, 3.05) is 13.7 Å². The SMILES string of the molecule is COc1cccc(-c2oc3ccccc3c2CCNC(C)=O)c1. The van der Waals surface area contributed by atoms with Crippen LogP contribution in [0, 0.1) is 0 Å². The van der Waals surface area contributed by atoms with Crippen molar-refractivity contribution in [2.24, 2.45) is 0 Å². The lowest BCUT2D eigenvalue weighted by atomic mass is 10.0. The quantitative estimate of drug-likeness (QED) is 0.780. The van der Waals surface area contributed by atoms with Crippen molar-refractivity contribution < 1.29 is 13.9 Å². The number of carbonyl (C=O) groups is 1. The van der Waals surface area contributed by atoms with Crippen LogP contribution < -0.4 is 10.1 Å².